The zero-order valence-corrected chi connectivity index (χ0v) is 22.1. The van der Waals surface area contributed by atoms with Gasteiger partial charge in [0, 0.05) is 32.0 Å². The highest BCUT2D eigenvalue weighted by Crippen LogP contribution is 2.34. The Bertz CT molecular complexity index is 980. The van der Waals surface area contributed by atoms with Crippen molar-refractivity contribution in [3.05, 3.63) is 53.6 Å². The van der Waals surface area contributed by atoms with E-state index in [1.165, 1.54) is 44.9 Å². The Balaban J connectivity index is 1.70. The van der Waals surface area contributed by atoms with E-state index in [1.807, 2.05) is 36.2 Å². The van der Waals surface area contributed by atoms with Crippen LogP contribution < -0.4 is 4.74 Å². The van der Waals surface area contributed by atoms with Gasteiger partial charge < -0.3 is 14.7 Å². The number of carbonyl (C=O) groups is 2. The molecular weight excluding hydrogens is 450 g/mol. The van der Waals surface area contributed by atoms with E-state index in [0.717, 1.165) is 40.8 Å². The van der Waals surface area contributed by atoms with E-state index in [4.69, 9.17) is 9.84 Å². The molecule has 1 fully saturated rings. The maximum absolute atomic E-state index is 12.6. The molecule has 3 rings (SSSR count). The normalized spacial score (nSPS) is 13.6. The smallest absolute Gasteiger partial charge is 0.303 e. The summed E-state index contributed by atoms with van der Waals surface area (Å²) in [6.45, 7) is 3.48. The summed E-state index contributed by atoms with van der Waals surface area (Å²) in [6.07, 6.45) is 11.9. The maximum Gasteiger partial charge on any atom is 0.303 e. The number of carbonyl (C=O) groups excluding carboxylic acids is 1. The molecule has 2 aromatic rings. The lowest BCUT2D eigenvalue weighted by atomic mass is 9.99. The van der Waals surface area contributed by atoms with Gasteiger partial charge in [-0.25, -0.2) is 0 Å². The van der Waals surface area contributed by atoms with Crippen molar-refractivity contribution in [1.29, 1.82) is 0 Å². The number of amides is 1. The summed E-state index contributed by atoms with van der Waals surface area (Å²) in [7, 11) is 1.88. The van der Waals surface area contributed by atoms with Crippen LogP contribution in [0.3, 0.4) is 0 Å². The summed E-state index contributed by atoms with van der Waals surface area (Å²) >= 11 is 0. The Morgan fingerprint density at radius 2 is 1.75 bits per heavy atom. The van der Waals surface area contributed by atoms with Crippen LogP contribution >= 0.6 is 0 Å². The number of rotatable bonds is 15. The average Bonchev–Trinajstić information content (AvgIpc) is 3.40. The predicted molar refractivity (Wildman–Crippen MR) is 145 cm³/mol. The Hall–Kier alpha value is -2.82. The van der Waals surface area contributed by atoms with Gasteiger partial charge in [0.15, 0.2) is 0 Å². The SMILES string of the molecule is CCCCCCCC(=O)N(C)Cc1cccc(-c2ccc(CCC(=O)O)cc2OCC2CCCC2)c1. The van der Waals surface area contributed by atoms with Gasteiger partial charge in [-0.2, -0.15) is 0 Å². The zero-order valence-electron chi connectivity index (χ0n) is 22.1. The lowest BCUT2D eigenvalue weighted by Crippen LogP contribution is -2.25. The van der Waals surface area contributed by atoms with Crippen LogP contribution in [0.1, 0.15) is 88.7 Å². The molecule has 0 atom stereocenters. The first kappa shape index (κ1) is 27.8. The van der Waals surface area contributed by atoms with Gasteiger partial charge in [0.05, 0.1) is 6.61 Å². The Labute approximate surface area is 216 Å². The lowest BCUT2D eigenvalue weighted by molar-refractivity contribution is -0.137. The number of benzene rings is 2. The molecule has 196 valence electrons. The number of carboxylic acid groups (broad SMARTS) is 1. The number of hydrogen-bond donors (Lipinski definition) is 1. The summed E-state index contributed by atoms with van der Waals surface area (Å²) in [6, 6.07) is 14.4. The van der Waals surface area contributed by atoms with E-state index in [0.29, 0.717) is 31.9 Å². The molecule has 0 bridgehead atoms. The first-order chi connectivity index (χ1) is 17.5. The van der Waals surface area contributed by atoms with Gasteiger partial charge >= 0.3 is 5.97 Å². The van der Waals surface area contributed by atoms with E-state index in [2.05, 4.69) is 25.1 Å². The highest BCUT2D eigenvalue weighted by molar-refractivity contribution is 5.76. The molecule has 0 aliphatic heterocycles. The quantitative estimate of drug-likeness (QED) is 0.265. The van der Waals surface area contributed by atoms with Gasteiger partial charge in [0.2, 0.25) is 5.91 Å². The summed E-state index contributed by atoms with van der Waals surface area (Å²) < 4.78 is 6.34. The average molecular weight is 494 g/mol. The van der Waals surface area contributed by atoms with Crippen molar-refractivity contribution in [3.8, 4) is 16.9 Å². The number of carboxylic acids is 1. The summed E-state index contributed by atoms with van der Waals surface area (Å²) in [5.41, 5.74) is 4.13. The molecule has 0 saturated heterocycles. The Kier molecular flexibility index (Phi) is 11.3. The molecule has 1 N–H and O–H groups in total. The minimum Gasteiger partial charge on any atom is -0.493 e. The molecule has 1 saturated carbocycles. The minimum absolute atomic E-state index is 0.107. The topological polar surface area (TPSA) is 66.8 Å². The third-order valence-electron chi connectivity index (χ3n) is 7.20. The van der Waals surface area contributed by atoms with Crippen molar-refractivity contribution in [1.82, 2.24) is 4.90 Å². The fraction of sp³-hybridized carbons (Fsp3) is 0.548. The van der Waals surface area contributed by atoms with Gasteiger partial charge in [0.1, 0.15) is 5.75 Å². The Morgan fingerprint density at radius 1 is 0.972 bits per heavy atom. The summed E-state index contributed by atoms with van der Waals surface area (Å²) in [4.78, 5) is 25.5. The van der Waals surface area contributed by atoms with Crippen LogP contribution in [-0.2, 0) is 22.6 Å². The van der Waals surface area contributed by atoms with Crippen molar-refractivity contribution >= 4 is 11.9 Å². The molecule has 0 radical (unpaired) electrons. The van der Waals surface area contributed by atoms with Crippen molar-refractivity contribution < 1.29 is 19.4 Å². The van der Waals surface area contributed by atoms with E-state index >= 15 is 0 Å². The number of nitrogens with zero attached hydrogens (tertiary/aromatic N) is 1. The standard InChI is InChI=1S/C31H43NO4/c1-3-4-5-6-7-15-30(33)32(2)22-26-13-10-14-27(20-26)28-18-16-24(17-19-31(34)35)21-29(28)36-23-25-11-8-9-12-25/h10,13-14,16,18,20-21,25H,3-9,11-12,15,17,19,22-23H2,1-2H3,(H,34,35). The molecule has 2 aromatic carbocycles. The molecule has 5 heteroatoms. The fourth-order valence-electron chi connectivity index (χ4n) is 4.99. The van der Waals surface area contributed by atoms with Crippen molar-refractivity contribution in [2.45, 2.75) is 90.5 Å². The fourth-order valence-corrected chi connectivity index (χ4v) is 4.99. The number of aliphatic carboxylic acids is 1. The maximum atomic E-state index is 12.6. The molecule has 0 unspecified atom stereocenters. The molecule has 0 aromatic heterocycles. The van der Waals surface area contributed by atoms with Gasteiger partial charge in [0.25, 0.3) is 0 Å². The van der Waals surface area contributed by atoms with Crippen molar-refractivity contribution in [3.63, 3.8) is 0 Å². The molecule has 1 aliphatic rings. The van der Waals surface area contributed by atoms with Crippen LogP contribution in [0.2, 0.25) is 0 Å². The van der Waals surface area contributed by atoms with Crippen LogP contribution in [0, 0.1) is 5.92 Å². The van der Waals surface area contributed by atoms with Crippen LogP contribution in [0.25, 0.3) is 11.1 Å². The third kappa shape index (κ3) is 9.00. The van der Waals surface area contributed by atoms with Gasteiger partial charge in [-0.15, -0.1) is 0 Å². The molecule has 5 nitrogen and oxygen atoms in total. The zero-order chi connectivity index (χ0) is 25.8. The first-order valence-electron chi connectivity index (χ1n) is 13.8. The molecular formula is C31H43NO4. The number of hydrogen-bond acceptors (Lipinski definition) is 3. The third-order valence-corrected chi connectivity index (χ3v) is 7.20. The number of ether oxygens (including phenoxy) is 1. The minimum atomic E-state index is -0.792. The first-order valence-corrected chi connectivity index (χ1v) is 13.8. The molecule has 0 spiro atoms. The van der Waals surface area contributed by atoms with Crippen LogP contribution in [-0.4, -0.2) is 35.5 Å². The van der Waals surface area contributed by atoms with E-state index in [9.17, 15) is 9.59 Å². The van der Waals surface area contributed by atoms with Crippen LogP contribution in [0.4, 0.5) is 0 Å². The second kappa shape index (κ2) is 14.7. The highest BCUT2D eigenvalue weighted by atomic mass is 16.5. The Morgan fingerprint density at radius 3 is 2.50 bits per heavy atom. The van der Waals surface area contributed by atoms with Crippen molar-refractivity contribution in [2.24, 2.45) is 5.92 Å². The van der Waals surface area contributed by atoms with Crippen molar-refractivity contribution in [2.75, 3.05) is 13.7 Å². The molecule has 1 amide bonds. The molecule has 36 heavy (non-hydrogen) atoms. The van der Waals surface area contributed by atoms with Gasteiger partial charge in [-0.3, -0.25) is 9.59 Å². The van der Waals surface area contributed by atoms with E-state index < -0.39 is 5.97 Å². The van der Waals surface area contributed by atoms with Gasteiger partial charge in [-0.1, -0.05) is 75.8 Å². The predicted octanol–water partition coefficient (Wildman–Crippen LogP) is 7.26. The molecule has 0 heterocycles. The van der Waals surface area contributed by atoms with E-state index in [-0.39, 0.29) is 12.3 Å². The summed E-state index contributed by atoms with van der Waals surface area (Å²) in [5.74, 6) is 0.812. The monoisotopic (exact) mass is 493 g/mol. The number of aryl methyl sites for hydroxylation is 1. The van der Waals surface area contributed by atoms with E-state index in [1.54, 1.807) is 0 Å². The van der Waals surface area contributed by atoms with Crippen LogP contribution in [0.15, 0.2) is 42.5 Å². The largest absolute Gasteiger partial charge is 0.493 e. The summed E-state index contributed by atoms with van der Waals surface area (Å²) in [5, 5.41) is 9.09. The second-order valence-corrected chi connectivity index (χ2v) is 10.3. The van der Waals surface area contributed by atoms with Crippen LogP contribution in [0.5, 0.6) is 5.75 Å². The van der Waals surface area contributed by atoms with Gasteiger partial charge in [-0.05, 0) is 60.4 Å². The number of unbranched alkanes of at least 4 members (excludes halogenated alkanes) is 4. The highest BCUT2D eigenvalue weighted by Gasteiger charge is 2.17. The molecule has 1 aliphatic carbocycles. The lowest BCUT2D eigenvalue weighted by Gasteiger charge is -2.19. The second-order valence-electron chi connectivity index (χ2n) is 10.3.